The van der Waals surface area contributed by atoms with Crippen LogP contribution in [0.15, 0.2) is 6.07 Å². The summed E-state index contributed by atoms with van der Waals surface area (Å²) in [6.07, 6.45) is 0. The van der Waals surface area contributed by atoms with Crippen molar-refractivity contribution in [3.63, 3.8) is 0 Å². The Hall–Kier alpha value is -1.63. The van der Waals surface area contributed by atoms with Crippen molar-refractivity contribution in [2.45, 2.75) is 13.8 Å². The van der Waals surface area contributed by atoms with Crippen molar-refractivity contribution >= 4 is 12.2 Å². The Morgan fingerprint density at radius 3 is 2.64 bits per heavy atom. The fourth-order valence-electron chi connectivity index (χ4n) is 1.28. The average Bonchev–Trinajstić information content (AvgIpc) is 2.59. The summed E-state index contributed by atoms with van der Waals surface area (Å²) < 4.78 is 3.30. The van der Waals surface area contributed by atoms with E-state index in [1.807, 2.05) is 19.9 Å². The molecule has 6 nitrogen and oxygen atoms in total. The maximum absolute atomic E-state index is 5.67. The molecule has 2 heterocycles. The summed E-state index contributed by atoms with van der Waals surface area (Å²) in [5, 5.41) is 10.8. The van der Waals surface area contributed by atoms with E-state index in [1.165, 1.54) is 4.68 Å². The molecule has 2 aromatic rings. The average molecular weight is 210 g/mol. The highest BCUT2D eigenvalue weighted by molar-refractivity contribution is 7.71. The molecule has 14 heavy (non-hydrogen) atoms. The number of aromatic amines is 1. The molecule has 0 saturated heterocycles. The lowest BCUT2D eigenvalue weighted by Gasteiger charge is -2.01. The van der Waals surface area contributed by atoms with Crippen LogP contribution in [0.4, 0.5) is 0 Å². The van der Waals surface area contributed by atoms with Crippen LogP contribution in [0.3, 0.4) is 0 Å². The minimum Gasteiger partial charge on any atom is -0.334 e. The van der Waals surface area contributed by atoms with Gasteiger partial charge in [-0.25, -0.2) is 9.78 Å². The molecule has 0 aliphatic rings. The van der Waals surface area contributed by atoms with Crippen molar-refractivity contribution in [2.75, 3.05) is 5.84 Å². The number of hydrogen-bond donors (Lipinski definition) is 2. The number of nitrogens with one attached hydrogen (secondary N) is 1. The number of aromatic nitrogens is 5. The molecular formula is C7H10N6S. The van der Waals surface area contributed by atoms with Gasteiger partial charge in [-0.2, -0.15) is 9.77 Å². The summed E-state index contributed by atoms with van der Waals surface area (Å²) in [5.41, 5.74) is 1.87. The van der Waals surface area contributed by atoms with Gasteiger partial charge in [-0.3, -0.25) is 0 Å². The minimum atomic E-state index is 0.368. The van der Waals surface area contributed by atoms with E-state index in [9.17, 15) is 0 Å². The highest BCUT2D eigenvalue weighted by Crippen LogP contribution is 2.07. The zero-order valence-electron chi connectivity index (χ0n) is 7.85. The first-order valence-corrected chi connectivity index (χ1v) is 4.46. The Labute approximate surface area is 85.3 Å². The van der Waals surface area contributed by atoms with Crippen LogP contribution in [-0.2, 0) is 0 Å². The number of H-pyrrole nitrogens is 1. The van der Waals surface area contributed by atoms with E-state index in [2.05, 4.69) is 15.3 Å². The predicted octanol–water partition coefficient (Wildman–Crippen LogP) is 0.457. The number of nitrogens with two attached hydrogens (primary N) is 1. The molecule has 2 rings (SSSR count). The van der Waals surface area contributed by atoms with Gasteiger partial charge in [-0.15, -0.1) is 5.10 Å². The van der Waals surface area contributed by atoms with Gasteiger partial charge in [-0.05, 0) is 32.1 Å². The van der Waals surface area contributed by atoms with Crippen molar-refractivity contribution < 1.29 is 0 Å². The van der Waals surface area contributed by atoms with Crippen molar-refractivity contribution in [3.05, 3.63) is 22.2 Å². The van der Waals surface area contributed by atoms with E-state index in [0.29, 0.717) is 10.7 Å². The molecule has 0 fully saturated rings. The van der Waals surface area contributed by atoms with Gasteiger partial charge in [0.05, 0.1) is 5.69 Å². The van der Waals surface area contributed by atoms with E-state index in [4.69, 9.17) is 18.1 Å². The maximum Gasteiger partial charge on any atom is 0.269 e. The molecule has 0 spiro atoms. The van der Waals surface area contributed by atoms with Crippen LogP contribution in [0.1, 0.15) is 11.4 Å². The molecule has 7 heteroatoms. The van der Waals surface area contributed by atoms with Crippen LogP contribution in [0, 0.1) is 18.6 Å². The Morgan fingerprint density at radius 2 is 2.21 bits per heavy atom. The van der Waals surface area contributed by atoms with Crippen molar-refractivity contribution in [1.29, 1.82) is 0 Å². The standard InChI is InChI=1S/C7H10N6S/c1-4-3-5(2)13(11-4)6-9-10-7(14)12(6)8/h3H,8H2,1-2H3,(H,10,14). The Morgan fingerprint density at radius 1 is 1.50 bits per heavy atom. The number of rotatable bonds is 1. The second-order valence-corrected chi connectivity index (χ2v) is 3.42. The smallest absolute Gasteiger partial charge is 0.269 e. The normalized spacial score (nSPS) is 10.7. The first kappa shape index (κ1) is 8.95. The lowest BCUT2D eigenvalue weighted by Crippen LogP contribution is -2.16. The third-order valence-corrected chi connectivity index (χ3v) is 2.17. The highest BCUT2D eigenvalue weighted by Gasteiger charge is 2.09. The zero-order valence-corrected chi connectivity index (χ0v) is 8.67. The lowest BCUT2D eigenvalue weighted by atomic mass is 10.4. The molecule has 0 aliphatic heterocycles. The summed E-state index contributed by atoms with van der Waals surface area (Å²) in [5.74, 6) is 6.16. The number of hydrogen-bond acceptors (Lipinski definition) is 4. The van der Waals surface area contributed by atoms with Crippen LogP contribution in [0.25, 0.3) is 5.95 Å². The van der Waals surface area contributed by atoms with Crippen LogP contribution >= 0.6 is 12.2 Å². The van der Waals surface area contributed by atoms with Gasteiger partial charge in [0.2, 0.25) is 4.77 Å². The van der Waals surface area contributed by atoms with Gasteiger partial charge in [-0.1, -0.05) is 0 Å². The lowest BCUT2D eigenvalue weighted by molar-refractivity contribution is 0.741. The topological polar surface area (TPSA) is 77.5 Å². The molecule has 0 bridgehead atoms. The fraction of sp³-hybridized carbons (Fsp3) is 0.286. The highest BCUT2D eigenvalue weighted by atomic mass is 32.1. The first-order chi connectivity index (χ1) is 6.59. The number of aryl methyl sites for hydroxylation is 2. The molecule has 74 valence electrons. The molecule has 0 aromatic carbocycles. The van der Waals surface area contributed by atoms with Crippen LogP contribution in [0.2, 0.25) is 0 Å². The fourth-order valence-corrected chi connectivity index (χ4v) is 1.40. The van der Waals surface area contributed by atoms with E-state index in [0.717, 1.165) is 11.4 Å². The van der Waals surface area contributed by atoms with Crippen molar-refractivity contribution in [3.8, 4) is 5.95 Å². The molecule has 0 unspecified atom stereocenters. The van der Waals surface area contributed by atoms with Gasteiger partial charge < -0.3 is 5.84 Å². The molecular weight excluding hydrogens is 200 g/mol. The van der Waals surface area contributed by atoms with Crippen molar-refractivity contribution in [2.24, 2.45) is 0 Å². The Balaban J connectivity index is 2.65. The molecule has 3 N–H and O–H groups in total. The van der Waals surface area contributed by atoms with E-state index >= 15 is 0 Å². The molecule has 0 amide bonds. The number of nitrogens with zero attached hydrogens (tertiary/aromatic N) is 4. The van der Waals surface area contributed by atoms with Crippen molar-refractivity contribution in [1.82, 2.24) is 24.7 Å². The summed E-state index contributed by atoms with van der Waals surface area (Å²) in [6, 6.07) is 1.94. The van der Waals surface area contributed by atoms with Gasteiger partial charge >= 0.3 is 0 Å². The third-order valence-electron chi connectivity index (χ3n) is 1.88. The monoisotopic (exact) mass is 210 g/mol. The Bertz CT molecular complexity index is 519. The zero-order chi connectivity index (χ0) is 10.3. The van der Waals surface area contributed by atoms with Crippen LogP contribution in [0.5, 0.6) is 0 Å². The Kier molecular flexibility index (Phi) is 1.88. The summed E-state index contributed by atoms with van der Waals surface area (Å²) in [4.78, 5) is 0. The summed E-state index contributed by atoms with van der Waals surface area (Å²) in [7, 11) is 0. The molecule has 0 radical (unpaired) electrons. The summed E-state index contributed by atoms with van der Waals surface area (Å²) >= 11 is 4.90. The van der Waals surface area contributed by atoms with Crippen LogP contribution in [-0.4, -0.2) is 24.7 Å². The molecule has 0 aliphatic carbocycles. The third kappa shape index (κ3) is 1.22. The van der Waals surface area contributed by atoms with E-state index < -0.39 is 0 Å². The minimum absolute atomic E-state index is 0.368. The van der Waals surface area contributed by atoms with Gasteiger partial charge in [0.1, 0.15) is 0 Å². The molecule has 0 saturated carbocycles. The summed E-state index contributed by atoms with van der Waals surface area (Å²) in [6.45, 7) is 3.84. The van der Waals surface area contributed by atoms with Gasteiger partial charge in [0.25, 0.3) is 5.95 Å². The van der Waals surface area contributed by atoms with Crippen LogP contribution < -0.4 is 5.84 Å². The van der Waals surface area contributed by atoms with E-state index in [1.54, 1.807) is 4.68 Å². The quantitative estimate of drug-likeness (QED) is 0.529. The first-order valence-electron chi connectivity index (χ1n) is 4.05. The predicted molar refractivity (Wildman–Crippen MR) is 54.2 cm³/mol. The second kappa shape index (κ2) is 2.95. The van der Waals surface area contributed by atoms with E-state index in [-0.39, 0.29) is 0 Å². The SMILES string of the molecule is Cc1cc(C)n(-c2n[nH]c(=S)n2N)n1. The maximum atomic E-state index is 5.67. The number of nitrogen functional groups attached to an aromatic ring is 1. The van der Waals surface area contributed by atoms with Gasteiger partial charge in [0, 0.05) is 5.69 Å². The second-order valence-electron chi connectivity index (χ2n) is 3.04. The largest absolute Gasteiger partial charge is 0.334 e. The molecule has 0 atom stereocenters. The molecule has 2 aromatic heterocycles. The van der Waals surface area contributed by atoms with Gasteiger partial charge in [0.15, 0.2) is 0 Å².